The average molecular weight is 341 g/mol. The molecule has 1 heterocycles. The molecule has 0 bridgehead atoms. The summed E-state index contributed by atoms with van der Waals surface area (Å²) in [5.41, 5.74) is 4.45. The zero-order valence-electron chi connectivity index (χ0n) is 14.4. The number of nitrogens with zero attached hydrogens (tertiary/aromatic N) is 1. The van der Waals surface area contributed by atoms with Gasteiger partial charge in [-0.1, -0.05) is 48.0 Å². The molecule has 3 heteroatoms. The van der Waals surface area contributed by atoms with Crippen LogP contribution in [0.1, 0.15) is 48.9 Å². The molecule has 1 fully saturated rings. The number of piperazine rings is 1. The lowest BCUT2D eigenvalue weighted by molar-refractivity contribution is 0.0435. The summed E-state index contributed by atoms with van der Waals surface area (Å²) < 4.78 is 0. The smallest absolute Gasteiger partial charge is 0.0409 e. The lowest BCUT2D eigenvalue weighted by Crippen LogP contribution is -2.58. The van der Waals surface area contributed by atoms with Crippen LogP contribution in [0.3, 0.4) is 0 Å². The molecule has 0 radical (unpaired) electrons. The highest BCUT2D eigenvalue weighted by Gasteiger charge is 2.41. The van der Waals surface area contributed by atoms with E-state index in [1.165, 1.54) is 16.7 Å². The Hall–Kier alpha value is -1.35. The van der Waals surface area contributed by atoms with E-state index in [0.29, 0.717) is 12.0 Å². The molecule has 0 spiro atoms. The van der Waals surface area contributed by atoms with Crippen LogP contribution in [0.25, 0.3) is 0 Å². The summed E-state index contributed by atoms with van der Waals surface area (Å²) in [6, 6.07) is 17.8. The summed E-state index contributed by atoms with van der Waals surface area (Å²) in [6.07, 6.45) is 1.14. The van der Waals surface area contributed by atoms with Crippen molar-refractivity contribution in [3.05, 3.63) is 70.2 Å². The molecule has 1 aliphatic carbocycles. The number of rotatable bonds is 2. The van der Waals surface area contributed by atoms with Crippen LogP contribution in [0, 0.1) is 0 Å². The third-order valence-corrected chi connectivity index (χ3v) is 5.92. The SMILES string of the molecule is CC1(C)CNCCN1[C@H]1C[C@@H](c2ccccc2)c2ccc(Cl)cc21. The predicted molar refractivity (Wildman–Crippen MR) is 101 cm³/mol. The zero-order valence-corrected chi connectivity index (χ0v) is 15.2. The molecule has 2 aromatic carbocycles. The van der Waals surface area contributed by atoms with Gasteiger partial charge in [-0.3, -0.25) is 4.90 Å². The number of hydrogen-bond donors (Lipinski definition) is 1. The van der Waals surface area contributed by atoms with Crippen LogP contribution in [0.2, 0.25) is 5.02 Å². The van der Waals surface area contributed by atoms with Crippen molar-refractivity contribution in [2.45, 2.75) is 37.8 Å². The fourth-order valence-electron chi connectivity index (χ4n) is 4.50. The molecule has 0 amide bonds. The van der Waals surface area contributed by atoms with Gasteiger partial charge in [0.2, 0.25) is 0 Å². The molecule has 4 rings (SSSR count). The van der Waals surface area contributed by atoms with Gasteiger partial charge in [-0.2, -0.15) is 0 Å². The summed E-state index contributed by atoms with van der Waals surface area (Å²) in [6.45, 7) is 7.88. The van der Waals surface area contributed by atoms with Crippen LogP contribution in [0.5, 0.6) is 0 Å². The lowest BCUT2D eigenvalue weighted by Gasteiger charge is -2.46. The van der Waals surface area contributed by atoms with Crippen molar-refractivity contribution in [2.75, 3.05) is 19.6 Å². The molecule has 0 aromatic heterocycles. The molecule has 1 aliphatic heterocycles. The van der Waals surface area contributed by atoms with Crippen molar-refractivity contribution in [3.63, 3.8) is 0 Å². The van der Waals surface area contributed by atoms with Crippen molar-refractivity contribution in [1.82, 2.24) is 10.2 Å². The van der Waals surface area contributed by atoms with Gasteiger partial charge in [0, 0.05) is 42.2 Å². The molecule has 24 heavy (non-hydrogen) atoms. The molecule has 2 aromatic rings. The van der Waals surface area contributed by atoms with Crippen LogP contribution >= 0.6 is 11.6 Å². The third-order valence-electron chi connectivity index (χ3n) is 5.68. The molecular formula is C21H25ClN2. The van der Waals surface area contributed by atoms with Crippen LogP contribution in [0.15, 0.2) is 48.5 Å². The molecular weight excluding hydrogens is 316 g/mol. The Bertz CT molecular complexity index is 726. The summed E-state index contributed by atoms with van der Waals surface area (Å²) in [5.74, 6) is 0.467. The number of nitrogens with one attached hydrogen (secondary N) is 1. The molecule has 126 valence electrons. The van der Waals surface area contributed by atoms with Crippen molar-refractivity contribution in [1.29, 1.82) is 0 Å². The van der Waals surface area contributed by atoms with Gasteiger partial charge in [-0.25, -0.2) is 0 Å². The number of benzene rings is 2. The van der Waals surface area contributed by atoms with E-state index in [-0.39, 0.29) is 5.54 Å². The van der Waals surface area contributed by atoms with E-state index >= 15 is 0 Å². The van der Waals surface area contributed by atoms with E-state index < -0.39 is 0 Å². The summed E-state index contributed by atoms with van der Waals surface area (Å²) in [7, 11) is 0. The first-order valence-electron chi connectivity index (χ1n) is 8.88. The predicted octanol–water partition coefficient (Wildman–Crippen LogP) is 4.60. The van der Waals surface area contributed by atoms with Gasteiger partial charge in [0.15, 0.2) is 0 Å². The summed E-state index contributed by atoms with van der Waals surface area (Å²) in [5, 5.41) is 4.39. The molecule has 1 saturated heterocycles. The fraction of sp³-hybridized carbons (Fsp3) is 0.429. The van der Waals surface area contributed by atoms with Crippen molar-refractivity contribution in [3.8, 4) is 0 Å². The van der Waals surface area contributed by atoms with E-state index in [1.54, 1.807) is 0 Å². The van der Waals surface area contributed by atoms with Crippen molar-refractivity contribution in [2.24, 2.45) is 0 Å². The van der Waals surface area contributed by atoms with Gasteiger partial charge in [-0.15, -0.1) is 0 Å². The lowest BCUT2D eigenvalue weighted by atomic mass is 9.92. The second kappa shape index (κ2) is 6.18. The molecule has 0 saturated carbocycles. The molecule has 1 N–H and O–H groups in total. The first kappa shape index (κ1) is 16.1. The maximum absolute atomic E-state index is 6.36. The number of fused-ring (bicyclic) bond motifs is 1. The Morgan fingerprint density at radius 1 is 1.08 bits per heavy atom. The Labute approximate surface area is 149 Å². The largest absolute Gasteiger partial charge is 0.314 e. The fourth-order valence-corrected chi connectivity index (χ4v) is 4.68. The Balaban J connectivity index is 1.76. The van der Waals surface area contributed by atoms with Crippen LogP contribution in [-0.2, 0) is 0 Å². The van der Waals surface area contributed by atoms with E-state index in [0.717, 1.165) is 31.1 Å². The third kappa shape index (κ3) is 2.77. The highest BCUT2D eigenvalue weighted by molar-refractivity contribution is 6.30. The van der Waals surface area contributed by atoms with Crippen molar-refractivity contribution < 1.29 is 0 Å². The second-order valence-corrected chi connectivity index (χ2v) is 8.11. The van der Waals surface area contributed by atoms with Gasteiger partial charge in [0.1, 0.15) is 0 Å². The van der Waals surface area contributed by atoms with E-state index in [4.69, 9.17) is 11.6 Å². The van der Waals surface area contributed by atoms with Gasteiger partial charge in [-0.05, 0) is 49.1 Å². The first-order chi connectivity index (χ1) is 11.6. The van der Waals surface area contributed by atoms with Crippen molar-refractivity contribution >= 4 is 11.6 Å². The number of hydrogen-bond acceptors (Lipinski definition) is 2. The summed E-state index contributed by atoms with van der Waals surface area (Å²) in [4.78, 5) is 2.68. The molecule has 0 unspecified atom stereocenters. The van der Waals surface area contributed by atoms with E-state index in [9.17, 15) is 0 Å². The average Bonchev–Trinajstić information content (AvgIpc) is 2.94. The Morgan fingerprint density at radius 3 is 2.62 bits per heavy atom. The quantitative estimate of drug-likeness (QED) is 0.859. The Kier molecular flexibility index (Phi) is 4.16. The van der Waals surface area contributed by atoms with Gasteiger partial charge < -0.3 is 5.32 Å². The second-order valence-electron chi connectivity index (χ2n) is 7.67. The van der Waals surface area contributed by atoms with Gasteiger partial charge in [0.25, 0.3) is 0 Å². The standard InChI is InChI=1S/C21H25ClN2/c1-21(2)14-23-10-11-24(21)20-13-18(15-6-4-3-5-7-15)17-9-8-16(22)12-19(17)20/h3-9,12,18,20,23H,10-11,13-14H2,1-2H3/t18-,20-/m0/s1. The van der Waals surface area contributed by atoms with Crippen LogP contribution in [0.4, 0.5) is 0 Å². The monoisotopic (exact) mass is 340 g/mol. The highest BCUT2D eigenvalue weighted by Crippen LogP contribution is 2.49. The van der Waals surface area contributed by atoms with Gasteiger partial charge >= 0.3 is 0 Å². The molecule has 2 aliphatic rings. The first-order valence-corrected chi connectivity index (χ1v) is 9.26. The number of halogens is 1. The normalized spacial score (nSPS) is 26.3. The topological polar surface area (TPSA) is 15.3 Å². The minimum atomic E-state index is 0.161. The molecule has 2 nitrogen and oxygen atoms in total. The van der Waals surface area contributed by atoms with E-state index in [1.807, 2.05) is 6.07 Å². The molecule has 2 atom stereocenters. The summed E-state index contributed by atoms with van der Waals surface area (Å²) >= 11 is 6.36. The minimum absolute atomic E-state index is 0.161. The minimum Gasteiger partial charge on any atom is -0.314 e. The van der Waals surface area contributed by atoms with E-state index in [2.05, 4.69) is 66.5 Å². The van der Waals surface area contributed by atoms with Crippen LogP contribution < -0.4 is 5.32 Å². The van der Waals surface area contributed by atoms with Gasteiger partial charge in [0.05, 0.1) is 0 Å². The zero-order chi connectivity index (χ0) is 16.7. The maximum atomic E-state index is 6.36. The van der Waals surface area contributed by atoms with Crippen LogP contribution in [-0.4, -0.2) is 30.1 Å². The Morgan fingerprint density at radius 2 is 1.88 bits per heavy atom. The highest BCUT2D eigenvalue weighted by atomic mass is 35.5. The maximum Gasteiger partial charge on any atom is 0.0409 e.